The minimum Gasteiger partial charge on any atom is -0.497 e. The maximum absolute atomic E-state index is 5.46. The molecule has 2 nitrogen and oxygen atoms in total. The molecule has 0 radical (unpaired) electrons. The van der Waals surface area contributed by atoms with Crippen LogP contribution in [0.5, 0.6) is 5.75 Å². The summed E-state index contributed by atoms with van der Waals surface area (Å²) < 4.78 is 10.6. The zero-order valence-electron chi connectivity index (χ0n) is 8.53. The third kappa shape index (κ3) is 2.07. The van der Waals surface area contributed by atoms with Crippen LogP contribution in [0.25, 0.3) is 0 Å². The van der Waals surface area contributed by atoms with E-state index in [-0.39, 0.29) is 0 Å². The van der Waals surface area contributed by atoms with Gasteiger partial charge in [0.2, 0.25) is 0 Å². The molecule has 1 heterocycles. The SMILES string of the molecule is COc1ccc(C2CCCOC2)cc1. The van der Waals surface area contributed by atoms with Gasteiger partial charge in [-0.25, -0.2) is 0 Å². The average molecular weight is 192 g/mol. The van der Waals surface area contributed by atoms with Crippen LogP contribution in [0.4, 0.5) is 0 Å². The van der Waals surface area contributed by atoms with E-state index in [2.05, 4.69) is 12.1 Å². The Morgan fingerprint density at radius 2 is 2.07 bits per heavy atom. The largest absolute Gasteiger partial charge is 0.497 e. The molecule has 0 spiro atoms. The normalized spacial score (nSPS) is 21.9. The van der Waals surface area contributed by atoms with Crippen LogP contribution >= 0.6 is 0 Å². The number of methoxy groups -OCH3 is 1. The van der Waals surface area contributed by atoms with E-state index in [1.54, 1.807) is 7.11 Å². The first-order chi connectivity index (χ1) is 6.90. The zero-order valence-corrected chi connectivity index (χ0v) is 8.53. The van der Waals surface area contributed by atoms with E-state index in [0.29, 0.717) is 5.92 Å². The van der Waals surface area contributed by atoms with Gasteiger partial charge in [-0.1, -0.05) is 12.1 Å². The highest BCUT2D eigenvalue weighted by molar-refractivity contribution is 5.29. The topological polar surface area (TPSA) is 18.5 Å². The lowest BCUT2D eigenvalue weighted by Gasteiger charge is -2.22. The molecule has 1 aromatic rings. The summed E-state index contributed by atoms with van der Waals surface area (Å²) in [5, 5.41) is 0. The molecule has 1 aliphatic rings. The lowest BCUT2D eigenvalue weighted by molar-refractivity contribution is 0.0804. The van der Waals surface area contributed by atoms with Crippen LogP contribution < -0.4 is 4.74 Å². The van der Waals surface area contributed by atoms with Gasteiger partial charge >= 0.3 is 0 Å². The average Bonchev–Trinajstić information content (AvgIpc) is 2.30. The Labute approximate surface area is 84.8 Å². The highest BCUT2D eigenvalue weighted by Crippen LogP contribution is 2.26. The third-order valence-corrected chi connectivity index (χ3v) is 2.75. The van der Waals surface area contributed by atoms with Crippen LogP contribution in [0.2, 0.25) is 0 Å². The Hall–Kier alpha value is -1.02. The summed E-state index contributed by atoms with van der Waals surface area (Å²) in [5.74, 6) is 1.50. The second kappa shape index (κ2) is 4.47. The summed E-state index contributed by atoms with van der Waals surface area (Å²) >= 11 is 0. The summed E-state index contributed by atoms with van der Waals surface area (Å²) in [5.41, 5.74) is 1.37. The maximum atomic E-state index is 5.46. The van der Waals surface area contributed by atoms with Crippen molar-refractivity contribution < 1.29 is 9.47 Å². The van der Waals surface area contributed by atoms with Crippen molar-refractivity contribution in [3.63, 3.8) is 0 Å². The summed E-state index contributed by atoms with van der Waals surface area (Å²) in [6, 6.07) is 8.31. The zero-order chi connectivity index (χ0) is 9.80. The molecule has 0 saturated carbocycles. The van der Waals surface area contributed by atoms with Crippen molar-refractivity contribution in [3.8, 4) is 5.75 Å². The number of hydrogen-bond donors (Lipinski definition) is 0. The second-order valence-corrected chi connectivity index (χ2v) is 3.69. The van der Waals surface area contributed by atoms with Crippen molar-refractivity contribution in [1.29, 1.82) is 0 Å². The van der Waals surface area contributed by atoms with E-state index in [9.17, 15) is 0 Å². The third-order valence-electron chi connectivity index (χ3n) is 2.75. The van der Waals surface area contributed by atoms with Crippen LogP contribution in [0.15, 0.2) is 24.3 Å². The predicted octanol–water partition coefficient (Wildman–Crippen LogP) is 2.59. The Bertz CT molecular complexity index is 273. The van der Waals surface area contributed by atoms with Crippen LogP contribution in [-0.2, 0) is 4.74 Å². The molecule has 0 N–H and O–H groups in total. The van der Waals surface area contributed by atoms with E-state index in [1.807, 2.05) is 12.1 Å². The Morgan fingerprint density at radius 1 is 1.29 bits per heavy atom. The molecule has 0 amide bonds. The fraction of sp³-hybridized carbons (Fsp3) is 0.500. The van der Waals surface area contributed by atoms with Crippen LogP contribution in [-0.4, -0.2) is 20.3 Å². The van der Waals surface area contributed by atoms with Gasteiger partial charge in [0.15, 0.2) is 0 Å². The van der Waals surface area contributed by atoms with Crippen LogP contribution in [0.1, 0.15) is 24.3 Å². The fourth-order valence-corrected chi connectivity index (χ4v) is 1.88. The molecule has 1 fully saturated rings. The number of rotatable bonds is 2. The van der Waals surface area contributed by atoms with Crippen molar-refractivity contribution in [3.05, 3.63) is 29.8 Å². The molecule has 0 bridgehead atoms. The molecule has 1 unspecified atom stereocenters. The molecule has 1 aromatic carbocycles. The van der Waals surface area contributed by atoms with Crippen LogP contribution in [0.3, 0.4) is 0 Å². The Kier molecular flexibility index (Phi) is 3.04. The monoisotopic (exact) mass is 192 g/mol. The Balaban J connectivity index is 2.07. The van der Waals surface area contributed by atoms with Gasteiger partial charge in [0.25, 0.3) is 0 Å². The second-order valence-electron chi connectivity index (χ2n) is 3.69. The van der Waals surface area contributed by atoms with Gasteiger partial charge in [0.1, 0.15) is 5.75 Å². The lowest BCUT2D eigenvalue weighted by atomic mass is 9.94. The van der Waals surface area contributed by atoms with Gasteiger partial charge in [0, 0.05) is 12.5 Å². The predicted molar refractivity (Wildman–Crippen MR) is 55.8 cm³/mol. The summed E-state index contributed by atoms with van der Waals surface area (Å²) in [7, 11) is 1.69. The molecule has 14 heavy (non-hydrogen) atoms. The first-order valence-corrected chi connectivity index (χ1v) is 5.12. The molecule has 76 valence electrons. The van der Waals surface area contributed by atoms with Gasteiger partial charge in [-0.15, -0.1) is 0 Å². The molecule has 1 atom stereocenters. The molecular weight excluding hydrogens is 176 g/mol. The van der Waals surface area contributed by atoms with E-state index in [4.69, 9.17) is 9.47 Å². The molecule has 1 saturated heterocycles. The molecule has 2 heteroatoms. The fourth-order valence-electron chi connectivity index (χ4n) is 1.88. The van der Waals surface area contributed by atoms with E-state index in [1.165, 1.54) is 18.4 Å². The first kappa shape index (κ1) is 9.53. The highest BCUT2D eigenvalue weighted by Gasteiger charge is 2.15. The molecular formula is C12H16O2. The maximum Gasteiger partial charge on any atom is 0.118 e. The molecule has 0 aromatic heterocycles. The minimum absolute atomic E-state index is 0.578. The first-order valence-electron chi connectivity index (χ1n) is 5.12. The Morgan fingerprint density at radius 3 is 2.64 bits per heavy atom. The summed E-state index contributed by atoms with van der Waals surface area (Å²) in [6.07, 6.45) is 2.42. The molecule has 0 aliphatic carbocycles. The van der Waals surface area contributed by atoms with Gasteiger partial charge in [-0.05, 0) is 30.5 Å². The summed E-state index contributed by atoms with van der Waals surface area (Å²) in [6.45, 7) is 1.79. The quantitative estimate of drug-likeness (QED) is 0.717. The standard InChI is InChI=1S/C12H16O2/c1-13-12-6-4-10(5-7-12)11-3-2-8-14-9-11/h4-7,11H,2-3,8-9H2,1H3. The van der Waals surface area contributed by atoms with Crippen LogP contribution in [0, 0.1) is 0 Å². The molecule has 1 aliphatic heterocycles. The van der Waals surface area contributed by atoms with Crippen molar-refractivity contribution >= 4 is 0 Å². The van der Waals surface area contributed by atoms with Gasteiger partial charge in [-0.3, -0.25) is 0 Å². The van der Waals surface area contributed by atoms with Crippen molar-refractivity contribution in [2.75, 3.05) is 20.3 Å². The number of ether oxygens (including phenoxy) is 2. The van der Waals surface area contributed by atoms with E-state index in [0.717, 1.165) is 19.0 Å². The van der Waals surface area contributed by atoms with E-state index >= 15 is 0 Å². The number of benzene rings is 1. The van der Waals surface area contributed by atoms with Crippen molar-refractivity contribution in [2.24, 2.45) is 0 Å². The van der Waals surface area contributed by atoms with Gasteiger partial charge in [-0.2, -0.15) is 0 Å². The number of hydrogen-bond acceptors (Lipinski definition) is 2. The summed E-state index contributed by atoms with van der Waals surface area (Å²) in [4.78, 5) is 0. The van der Waals surface area contributed by atoms with Crippen molar-refractivity contribution in [2.45, 2.75) is 18.8 Å². The van der Waals surface area contributed by atoms with Gasteiger partial charge < -0.3 is 9.47 Å². The van der Waals surface area contributed by atoms with E-state index < -0.39 is 0 Å². The van der Waals surface area contributed by atoms with Crippen molar-refractivity contribution in [1.82, 2.24) is 0 Å². The smallest absolute Gasteiger partial charge is 0.118 e. The highest BCUT2D eigenvalue weighted by atomic mass is 16.5. The van der Waals surface area contributed by atoms with Gasteiger partial charge in [0.05, 0.1) is 13.7 Å². The lowest BCUT2D eigenvalue weighted by Crippen LogP contribution is -2.15. The molecule has 2 rings (SSSR count). The minimum atomic E-state index is 0.578.